The molecule has 3 nitrogen and oxygen atoms in total. The topological polar surface area (TPSA) is 52.3 Å². The van der Waals surface area contributed by atoms with Crippen LogP contribution in [0.5, 0.6) is 0 Å². The van der Waals surface area contributed by atoms with Crippen molar-refractivity contribution < 1.29 is 9.53 Å². The first-order valence-electron chi connectivity index (χ1n) is 3.81. The van der Waals surface area contributed by atoms with Gasteiger partial charge in [-0.1, -0.05) is 0 Å². The second-order valence-electron chi connectivity index (χ2n) is 2.35. The van der Waals surface area contributed by atoms with E-state index in [1.165, 1.54) is 0 Å². The fourth-order valence-electron chi connectivity index (χ4n) is 0.659. The maximum absolute atomic E-state index is 11.0. The molecule has 0 aliphatic carbocycles. The minimum Gasteiger partial charge on any atom is -0.461 e. The first-order chi connectivity index (χ1) is 5.63. The van der Waals surface area contributed by atoms with Gasteiger partial charge in [-0.25, -0.2) is 4.79 Å². The zero-order valence-electron chi connectivity index (χ0n) is 7.39. The van der Waals surface area contributed by atoms with Crippen molar-refractivity contribution in [3.05, 3.63) is 11.3 Å². The van der Waals surface area contributed by atoms with Crippen molar-refractivity contribution in [1.29, 1.82) is 0 Å². The van der Waals surface area contributed by atoms with E-state index in [0.29, 0.717) is 18.9 Å². The fraction of sp³-hybridized carbons (Fsp3) is 0.625. The van der Waals surface area contributed by atoms with Crippen molar-refractivity contribution in [3.63, 3.8) is 0 Å². The maximum Gasteiger partial charge on any atom is 0.354 e. The van der Waals surface area contributed by atoms with E-state index in [4.69, 9.17) is 22.1 Å². The molecule has 0 spiro atoms. The Morgan fingerprint density at radius 3 is 2.58 bits per heavy atom. The Morgan fingerprint density at radius 2 is 2.17 bits per heavy atom. The number of alkyl halides is 1. The van der Waals surface area contributed by atoms with Crippen LogP contribution in [0.3, 0.4) is 0 Å². The number of ether oxygens (including phenoxy) is 1. The molecule has 0 aromatic carbocycles. The molecule has 12 heavy (non-hydrogen) atoms. The highest BCUT2D eigenvalue weighted by Crippen LogP contribution is 2.06. The lowest BCUT2D eigenvalue weighted by molar-refractivity contribution is -0.138. The third-order valence-electron chi connectivity index (χ3n) is 1.42. The lowest BCUT2D eigenvalue weighted by Gasteiger charge is -2.04. The van der Waals surface area contributed by atoms with Crippen LogP contribution in [0, 0.1) is 0 Å². The number of rotatable bonds is 4. The van der Waals surface area contributed by atoms with E-state index in [1.807, 2.05) is 0 Å². The van der Waals surface area contributed by atoms with Crippen LogP contribution < -0.4 is 5.73 Å². The highest BCUT2D eigenvalue weighted by atomic mass is 35.5. The number of allylic oxidation sites excluding steroid dienone is 1. The molecule has 0 aliphatic rings. The van der Waals surface area contributed by atoms with Crippen molar-refractivity contribution >= 4 is 17.6 Å². The third kappa shape index (κ3) is 3.62. The standard InChI is InChI=1S/C8H14ClNO2/c1-3-12-8(11)7(10)6(2)4-5-9/h3-5,10H2,1-2H3. The van der Waals surface area contributed by atoms with Crippen molar-refractivity contribution in [2.24, 2.45) is 5.73 Å². The van der Waals surface area contributed by atoms with E-state index in [9.17, 15) is 4.79 Å². The highest BCUT2D eigenvalue weighted by Gasteiger charge is 2.08. The molecule has 0 fully saturated rings. The lowest BCUT2D eigenvalue weighted by atomic mass is 10.2. The number of hydrogen-bond donors (Lipinski definition) is 1. The molecule has 0 aliphatic heterocycles. The lowest BCUT2D eigenvalue weighted by Crippen LogP contribution is -2.16. The van der Waals surface area contributed by atoms with Crippen molar-refractivity contribution in [2.75, 3.05) is 12.5 Å². The Labute approximate surface area is 77.5 Å². The molecule has 0 radical (unpaired) electrons. The molecule has 0 aromatic heterocycles. The number of hydrogen-bond acceptors (Lipinski definition) is 3. The largest absolute Gasteiger partial charge is 0.461 e. The number of nitrogens with two attached hydrogens (primary N) is 1. The summed E-state index contributed by atoms with van der Waals surface area (Å²) in [5.41, 5.74) is 6.44. The van der Waals surface area contributed by atoms with Gasteiger partial charge in [-0.15, -0.1) is 11.6 Å². The molecule has 0 rings (SSSR count). The summed E-state index contributed by atoms with van der Waals surface area (Å²) in [5.74, 6) is 0.00600. The van der Waals surface area contributed by atoms with Crippen LogP contribution in [0.1, 0.15) is 20.3 Å². The summed E-state index contributed by atoms with van der Waals surface area (Å²) in [4.78, 5) is 11.0. The smallest absolute Gasteiger partial charge is 0.354 e. The van der Waals surface area contributed by atoms with Gasteiger partial charge in [0.05, 0.1) is 6.61 Å². The van der Waals surface area contributed by atoms with Gasteiger partial charge in [-0.3, -0.25) is 0 Å². The molecule has 0 saturated carbocycles. The minimum absolute atomic E-state index is 0.178. The average molecular weight is 192 g/mol. The minimum atomic E-state index is -0.458. The molecule has 0 heterocycles. The van der Waals surface area contributed by atoms with Gasteiger partial charge in [-0.05, 0) is 25.8 Å². The van der Waals surface area contributed by atoms with Crippen LogP contribution in [0.15, 0.2) is 11.3 Å². The van der Waals surface area contributed by atoms with E-state index in [1.54, 1.807) is 13.8 Å². The molecule has 0 bridgehead atoms. The molecular weight excluding hydrogens is 178 g/mol. The Hall–Kier alpha value is -0.700. The first kappa shape index (κ1) is 11.3. The summed E-state index contributed by atoms with van der Waals surface area (Å²) in [5, 5.41) is 0. The van der Waals surface area contributed by atoms with Crippen LogP contribution in [-0.2, 0) is 9.53 Å². The van der Waals surface area contributed by atoms with Crippen molar-refractivity contribution in [2.45, 2.75) is 20.3 Å². The van der Waals surface area contributed by atoms with E-state index < -0.39 is 5.97 Å². The predicted octanol–water partition coefficient (Wildman–Crippen LogP) is 1.41. The second kappa shape index (κ2) is 5.89. The molecule has 0 saturated heterocycles. The van der Waals surface area contributed by atoms with E-state index in [2.05, 4.69) is 0 Å². The highest BCUT2D eigenvalue weighted by molar-refractivity contribution is 6.18. The molecule has 0 atom stereocenters. The Bertz CT molecular complexity index is 189. The Kier molecular flexibility index (Phi) is 5.54. The Balaban J connectivity index is 4.22. The molecule has 0 aromatic rings. The average Bonchev–Trinajstić information content (AvgIpc) is 2.04. The molecular formula is C8H14ClNO2. The SMILES string of the molecule is CCOC(=O)C(N)=C(C)CCCl. The van der Waals surface area contributed by atoms with Gasteiger partial charge in [0.25, 0.3) is 0 Å². The number of halogens is 1. The second-order valence-corrected chi connectivity index (χ2v) is 2.73. The summed E-state index contributed by atoms with van der Waals surface area (Å²) in [6.07, 6.45) is 0.617. The zero-order chi connectivity index (χ0) is 9.56. The summed E-state index contributed by atoms with van der Waals surface area (Å²) in [7, 11) is 0. The summed E-state index contributed by atoms with van der Waals surface area (Å²) >= 11 is 5.48. The first-order valence-corrected chi connectivity index (χ1v) is 4.35. The molecule has 2 N–H and O–H groups in total. The van der Waals surface area contributed by atoms with Gasteiger partial charge in [-0.2, -0.15) is 0 Å². The maximum atomic E-state index is 11.0. The third-order valence-corrected chi connectivity index (χ3v) is 1.61. The van der Waals surface area contributed by atoms with Crippen LogP contribution in [0.4, 0.5) is 0 Å². The van der Waals surface area contributed by atoms with Crippen molar-refractivity contribution in [3.8, 4) is 0 Å². The van der Waals surface area contributed by atoms with Crippen LogP contribution in [-0.4, -0.2) is 18.5 Å². The molecule has 70 valence electrons. The molecule has 0 amide bonds. The van der Waals surface area contributed by atoms with E-state index in [-0.39, 0.29) is 5.70 Å². The summed E-state index contributed by atoms with van der Waals surface area (Å²) < 4.78 is 4.71. The fourth-order valence-corrected chi connectivity index (χ4v) is 0.943. The normalized spacial score (nSPS) is 12.2. The van der Waals surface area contributed by atoms with E-state index >= 15 is 0 Å². The monoisotopic (exact) mass is 191 g/mol. The van der Waals surface area contributed by atoms with Gasteiger partial charge in [0.15, 0.2) is 0 Å². The van der Waals surface area contributed by atoms with Gasteiger partial charge >= 0.3 is 5.97 Å². The van der Waals surface area contributed by atoms with Crippen LogP contribution in [0.2, 0.25) is 0 Å². The van der Waals surface area contributed by atoms with E-state index in [0.717, 1.165) is 5.57 Å². The van der Waals surface area contributed by atoms with Crippen LogP contribution in [0.25, 0.3) is 0 Å². The number of esters is 1. The van der Waals surface area contributed by atoms with Gasteiger partial charge in [0, 0.05) is 5.88 Å². The van der Waals surface area contributed by atoms with Gasteiger partial charge < -0.3 is 10.5 Å². The molecule has 4 heteroatoms. The number of carbonyl (C=O) groups excluding carboxylic acids is 1. The molecule has 0 unspecified atom stereocenters. The van der Waals surface area contributed by atoms with Gasteiger partial charge in [0.2, 0.25) is 0 Å². The Morgan fingerprint density at radius 1 is 1.58 bits per heavy atom. The zero-order valence-corrected chi connectivity index (χ0v) is 8.15. The quantitative estimate of drug-likeness (QED) is 0.415. The van der Waals surface area contributed by atoms with Crippen molar-refractivity contribution in [1.82, 2.24) is 0 Å². The van der Waals surface area contributed by atoms with Crippen LogP contribution >= 0.6 is 11.6 Å². The summed E-state index contributed by atoms with van der Waals surface area (Å²) in [6, 6.07) is 0. The van der Waals surface area contributed by atoms with Gasteiger partial charge in [0.1, 0.15) is 5.70 Å². The number of carbonyl (C=O) groups is 1. The predicted molar refractivity (Wildman–Crippen MR) is 48.9 cm³/mol. The summed E-state index contributed by atoms with van der Waals surface area (Å²) in [6.45, 7) is 3.85.